The summed E-state index contributed by atoms with van der Waals surface area (Å²) in [6.45, 7) is 2.74. The highest BCUT2D eigenvalue weighted by atomic mass is 16.5. The van der Waals surface area contributed by atoms with E-state index in [-0.39, 0.29) is 12.5 Å². The Morgan fingerprint density at radius 3 is 2.75 bits per heavy atom. The van der Waals surface area contributed by atoms with Gasteiger partial charge in [-0.3, -0.25) is 4.79 Å². The molecule has 0 aromatic heterocycles. The standard InChI is InChI=1S/C12H15NO3/c1-9-2-4-10(5-3-9)13-6-7-16-11(8-14)12(13)15/h2-5,11,14H,6-8H2,1H3. The van der Waals surface area contributed by atoms with Gasteiger partial charge >= 0.3 is 0 Å². The number of carbonyl (C=O) groups excluding carboxylic acids is 1. The zero-order valence-electron chi connectivity index (χ0n) is 9.22. The summed E-state index contributed by atoms with van der Waals surface area (Å²) in [4.78, 5) is 13.5. The normalized spacial score (nSPS) is 21.2. The molecule has 1 atom stereocenters. The lowest BCUT2D eigenvalue weighted by molar-refractivity contribution is -0.136. The average molecular weight is 221 g/mol. The highest BCUT2D eigenvalue weighted by Gasteiger charge is 2.29. The van der Waals surface area contributed by atoms with E-state index >= 15 is 0 Å². The molecular weight excluding hydrogens is 206 g/mol. The van der Waals surface area contributed by atoms with Crippen molar-refractivity contribution in [2.75, 3.05) is 24.7 Å². The number of ether oxygens (including phenoxy) is 1. The van der Waals surface area contributed by atoms with Crippen LogP contribution in [0.4, 0.5) is 5.69 Å². The second-order valence-corrected chi connectivity index (χ2v) is 3.87. The van der Waals surface area contributed by atoms with E-state index in [1.165, 1.54) is 0 Å². The van der Waals surface area contributed by atoms with Gasteiger partial charge in [0, 0.05) is 12.2 Å². The van der Waals surface area contributed by atoms with Gasteiger partial charge in [-0.25, -0.2) is 0 Å². The second kappa shape index (κ2) is 4.63. The lowest BCUT2D eigenvalue weighted by atomic mass is 10.2. The minimum Gasteiger partial charge on any atom is -0.393 e. The fourth-order valence-electron chi connectivity index (χ4n) is 1.75. The lowest BCUT2D eigenvalue weighted by Gasteiger charge is -2.31. The summed E-state index contributed by atoms with van der Waals surface area (Å²) in [5.41, 5.74) is 2.01. The topological polar surface area (TPSA) is 49.8 Å². The van der Waals surface area contributed by atoms with Crippen LogP contribution in [0.2, 0.25) is 0 Å². The van der Waals surface area contributed by atoms with E-state index < -0.39 is 6.10 Å². The number of aliphatic hydroxyl groups excluding tert-OH is 1. The predicted molar refractivity (Wildman–Crippen MR) is 60.4 cm³/mol. The molecule has 0 spiro atoms. The fraction of sp³-hybridized carbons (Fsp3) is 0.417. The number of benzene rings is 1. The molecule has 1 aromatic rings. The number of nitrogens with zero attached hydrogens (tertiary/aromatic N) is 1. The van der Waals surface area contributed by atoms with Crippen molar-refractivity contribution in [1.82, 2.24) is 0 Å². The quantitative estimate of drug-likeness (QED) is 0.800. The Balaban J connectivity index is 2.20. The Bertz CT molecular complexity index is 374. The van der Waals surface area contributed by atoms with E-state index in [1.807, 2.05) is 31.2 Å². The molecular formula is C12H15NO3. The number of amides is 1. The zero-order chi connectivity index (χ0) is 11.5. The summed E-state index contributed by atoms with van der Waals surface area (Å²) in [5.74, 6) is -0.169. The van der Waals surface area contributed by atoms with Crippen molar-refractivity contribution in [1.29, 1.82) is 0 Å². The maximum Gasteiger partial charge on any atom is 0.258 e. The molecule has 1 fully saturated rings. The Kier molecular flexibility index (Phi) is 3.22. The minimum absolute atomic E-state index is 0.169. The molecule has 4 heteroatoms. The van der Waals surface area contributed by atoms with E-state index in [2.05, 4.69) is 0 Å². The van der Waals surface area contributed by atoms with Crippen LogP contribution in [0.15, 0.2) is 24.3 Å². The first-order valence-corrected chi connectivity index (χ1v) is 5.33. The van der Waals surface area contributed by atoms with Crippen LogP contribution in [0.1, 0.15) is 5.56 Å². The molecule has 1 aromatic carbocycles. The Morgan fingerprint density at radius 2 is 2.12 bits per heavy atom. The predicted octanol–water partition coefficient (Wildman–Crippen LogP) is 0.719. The summed E-state index contributed by atoms with van der Waals surface area (Å²) < 4.78 is 5.17. The van der Waals surface area contributed by atoms with Crippen LogP contribution in [0.25, 0.3) is 0 Å². The van der Waals surface area contributed by atoms with Crippen molar-refractivity contribution in [2.45, 2.75) is 13.0 Å². The third kappa shape index (κ3) is 2.08. The molecule has 1 N–H and O–H groups in total. The molecule has 1 unspecified atom stereocenters. The molecule has 2 rings (SSSR count). The third-order valence-electron chi connectivity index (χ3n) is 2.69. The first-order chi connectivity index (χ1) is 7.72. The van der Waals surface area contributed by atoms with Gasteiger partial charge in [0.15, 0.2) is 6.10 Å². The number of aryl methyl sites for hydroxylation is 1. The van der Waals surface area contributed by atoms with Gasteiger partial charge in [0.25, 0.3) is 5.91 Å². The van der Waals surface area contributed by atoms with Crippen molar-refractivity contribution in [3.05, 3.63) is 29.8 Å². The van der Waals surface area contributed by atoms with E-state index in [4.69, 9.17) is 9.84 Å². The van der Waals surface area contributed by atoms with Crippen LogP contribution in [0.5, 0.6) is 0 Å². The van der Waals surface area contributed by atoms with Crippen molar-refractivity contribution >= 4 is 11.6 Å². The number of anilines is 1. The molecule has 0 saturated carbocycles. The van der Waals surface area contributed by atoms with Gasteiger partial charge in [-0.2, -0.15) is 0 Å². The largest absolute Gasteiger partial charge is 0.393 e. The number of aliphatic hydroxyl groups is 1. The van der Waals surface area contributed by atoms with E-state index in [1.54, 1.807) is 4.90 Å². The van der Waals surface area contributed by atoms with Crippen molar-refractivity contribution in [3.63, 3.8) is 0 Å². The first kappa shape index (κ1) is 11.1. The smallest absolute Gasteiger partial charge is 0.258 e. The van der Waals surface area contributed by atoms with Gasteiger partial charge in [0.1, 0.15) is 0 Å². The average Bonchev–Trinajstić information content (AvgIpc) is 2.31. The number of carbonyl (C=O) groups is 1. The van der Waals surface area contributed by atoms with Gasteiger partial charge < -0.3 is 14.7 Å². The first-order valence-electron chi connectivity index (χ1n) is 5.33. The van der Waals surface area contributed by atoms with Crippen LogP contribution in [-0.4, -0.2) is 36.9 Å². The van der Waals surface area contributed by atoms with Crippen LogP contribution < -0.4 is 4.90 Å². The summed E-state index contributed by atoms with van der Waals surface area (Å²) in [6, 6.07) is 7.75. The molecule has 16 heavy (non-hydrogen) atoms. The molecule has 4 nitrogen and oxygen atoms in total. The SMILES string of the molecule is Cc1ccc(N2CCOC(CO)C2=O)cc1. The second-order valence-electron chi connectivity index (χ2n) is 3.87. The highest BCUT2D eigenvalue weighted by Crippen LogP contribution is 2.19. The monoisotopic (exact) mass is 221 g/mol. The summed E-state index contributed by atoms with van der Waals surface area (Å²) in [5, 5.41) is 9.00. The summed E-state index contributed by atoms with van der Waals surface area (Å²) in [6.07, 6.45) is -0.713. The van der Waals surface area contributed by atoms with Gasteiger partial charge in [0.05, 0.1) is 13.2 Å². The van der Waals surface area contributed by atoms with E-state index in [0.717, 1.165) is 11.3 Å². The summed E-state index contributed by atoms with van der Waals surface area (Å²) in [7, 11) is 0. The highest BCUT2D eigenvalue weighted by molar-refractivity contribution is 5.97. The minimum atomic E-state index is -0.713. The molecule has 0 radical (unpaired) electrons. The van der Waals surface area contributed by atoms with E-state index in [0.29, 0.717) is 13.2 Å². The fourth-order valence-corrected chi connectivity index (χ4v) is 1.75. The zero-order valence-corrected chi connectivity index (χ0v) is 9.22. The Hall–Kier alpha value is -1.39. The van der Waals surface area contributed by atoms with Crippen molar-refractivity contribution in [3.8, 4) is 0 Å². The number of morpholine rings is 1. The van der Waals surface area contributed by atoms with Crippen LogP contribution >= 0.6 is 0 Å². The molecule has 0 aliphatic carbocycles. The van der Waals surface area contributed by atoms with Gasteiger partial charge in [-0.15, -0.1) is 0 Å². The summed E-state index contributed by atoms with van der Waals surface area (Å²) >= 11 is 0. The molecule has 1 aliphatic rings. The maximum absolute atomic E-state index is 11.9. The van der Waals surface area contributed by atoms with Crippen LogP contribution in [-0.2, 0) is 9.53 Å². The Labute approximate surface area is 94.4 Å². The maximum atomic E-state index is 11.9. The van der Waals surface area contributed by atoms with Crippen LogP contribution in [0.3, 0.4) is 0 Å². The number of hydrogen-bond acceptors (Lipinski definition) is 3. The lowest BCUT2D eigenvalue weighted by Crippen LogP contribution is -2.49. The van der Waals surface area contributed by atoms with Crippen LogP contribution in [0, 0.1) is 6.92 Å². The molecule has 1 saturated heterocycles. The van der Waals surface area contributed by atoms with Crippen molar-refractivity contribution < 1.29 is 14.6 Å². The molecule has 1 amide bonds. The third-order valence-corrected chi connectivity index (χ3v) is 2.69. The Morgan fingerprint density at radius 1 is 1.44 bits per heavy atom. The van der Waals surface area contributed by atoms with Crippen molar-refractivity contribution in [2.24, 2.45) is 0 Å². The molecule has 1 aliphatic heterocycles. The van der Waals surface area contributed by atoms with Gasteiger partial charge in [-0.05, 0) is 19.1 Å². The van der Waals surface area contributed by atoms with Gasteiger partial charge in [-0.1, -0.05) is 17.7 Å². The number of hydrogen-bond donors (Lipinski definition) is 1. The van der Waals surface area contributed by atoms with Gasteiger partial charge in [0.2, 0.25) is 0 Å². The number of rotatable bonds is 2. The molecule has 86 valence electrons. The molecule has 1 heterocycles. The molecule has 0 bridgehead atoms. The van der Waals surface area contributed by atoms with E-state index in [9.17, 15) is 4.79 Å².